The second-order valence-electron chi connectivity index (χ2n) is 16.4. The van der Waals surface area contributed by atoms with E-state index in [1.807, 2.05) is 84.1 Å². The minimum atomic E-state index is 0.647. The van der Waals surface area contributed by atoms with Crippen LogP contribution in [0.5, 0.6) is 0 Å². The molecule has 0 aliphatic heterocycles. The smallest absolute Gasteiger partial charge is 0.164 e. The summed E-state index contributed by atoms with van der Waals surface area (Å²) in [7, 11) is 0. The first-order valence-corrected chi connectivity index (χ1v) is 22.2. The van der Waals surface area contributed by atoms with Crippen molar-refractivity contribution < 1.29 is 4.42 Å². The van der Waals surface area contributed by atoms with Crippen LogP contribution in [0, 0.1) is 0 Å². The number of hydrogen-bond acceptors (Lipinski definition) is 5. The molecule has 7 heteroatoms. The molecule has 0 N–H and O–H groups in total. The quantitative estimate of drug-likeness (QED) is 0.173. The first-order chi connectivity index (χ1) is 31.7. The van der Waals surface area contributed by atoms with E-state index in [1.165, 1.54) is 41.7 Å². The van der Waals surface area contributed by atoms with Gasteiger partial charge in [-0.05, 0) is 84.9 Å². The summed E-state index contributed by atoms with van der Waals surface area (Å²) in [6.07, 6.45) is 0. The Balaban J connectivity index is 0.936. The third-order valence-corrected chi connectivity index (χ3v) is 13.9. The van der Waals surface area contributed by atoms with Gasteiger partial charge in [0.25, 0.3) is 0 Å². The van der Waals surface area contributed by atoms with Gasteiger partial charge in [-0.1, -0.05) is 115 Å². The Morgan fingerprint density at radius 2 is 0.812 bits per heavy atom. The van der Waals surface area contributed by atoms with E-state index < -0.39 is 0 Å². The van der Waals surface area contributed by atoms with Crippen molar-refractivity contribution in [3.63, 3.8) is 0 Å². The summed E-state index contributed by atoms with van der Waals surface area (Å²) in [4.78, 5) is 15.0. The number of aromatic nitrogens is 5. The van der Waals surface area contributed by atoms with Crippen molar-refractivity contribution in [2.75, 3.05) is 0 Å². The fourth-order valence-electron chi connectivity index (χ4n) is 9.82. The van der Waals surface area contributed by atoms with Crippen LogP contribution in [0.25, 0.3) is 131 Å². The molecule has 0 saturated carbocycles. The molecule has 298 valence electrons. The number of nitrogens with zero attached hydrogens (tertiary/aromatic N) is 5. The molecule has 0 aliphatic carbocycles. The number of furan rings is 1. The van der Waals surface area contributed by atoms with Crippen LogP contribution >= 0.6 is 11.3 Å². The summed E-state index contributed by atoms with van der Waals surface area (Å²) in [6, 6.07) is 71.0. The van der Waals surface area contributed by atoms with Gasteiger partial charge in [0.2, 0.25) is 0 Å². The highest BCUT2D eigenvalue weighted by atomic mass is 32.1. The fraction of sp³-hybridized carbons (Fsp3) is 0. The topological polar surface area (TPSA) is 61.7 Å². The Morgan fingerprint density at radius 1 is 0.312 bits per heavy atom. The van der Waals surface area contributed by atoms with Gasteiger partial charge in [-0.2, -0.15) is 0 Å². The number of rotatable bonds is 5. The van der Waals surface area contributed by atoms with E-state index in [2.05, 4.69) is 137 Å². The molecule has 0 unspecified atom stereocenters. The number of para-hydroxylation sites is 3. The molecule has 0 saturated heterocycles. The minimum absolute atomic E-state index is 0.647. The normalized spacial score (nSPS) is 12.1. The molecule has 0 amide bonds. The van der Waals surface area contributed by atoms with Gasteiger partial charge in [-0.3, -0.25) is 0 Å². The third-order valence-electron chi connectivity index (χ3n) is 12.8. The molecule has 5 aromatic heterocycles. The summed E-state index contributed by atoms with van der Waals surface area (Å²) in [5.74, 6) is 1.95. The lowest BCUT2D eigenvalue weighted by molar-refractivity contribution is 0.669. The summed E-state index contributed by atoms with van der Waals surface area (Å²) in [5.41, 5.74) is 11.5. The average molecular weight is 836 g/mol. The summed E-state index contributed by atoms with van der Waals surface area (Å²) < 4.78 is 13.6. The Labute approximate surface area is 369 Å². The first-order valence-electron chi connectivity index (χ1n) is 21.4. The average Bonchev–Trinajstić information content (AvgIpc) is 4.10. The Hall–Kier alpha value is -8.39. The molecule has 9 aromatic carbocycles. The largest absolute Gasteiger partial charge is 0.456 e. The Bertz CT molecular complexity index is 4140. The second kappa shape index (κ2) is 13.6. The molecule has 14 rings (SSSR count). The van der Waals surface area contributed by atoms with Crippen LogP contribution in [-0.4, -0.2) is 24.1 Å². The molecule has 14 aromatic rings. The Kier molecular flexibility index (Phi) is 7.46. The van der Waals surface area contributed by atoms with Gasteiger partial charge in [0, 0.05) is 80.6 Å². The molecule has 0 bridgehead atoms. The number of hydrogen-bond donors (Lipinski definition) is 0. The Morgan fingerprint density at radius 3 is 1.50 bits per heavy atom. The molecule has 0 spiro atoms. The summed E-state index contributed by atoms with van der Waals surface area (Å²) in [6.45, 7) is 0. The van der Waals surface area contributed by atoms with Crippen LogP contribution in [0.2, 0.25) is 0 Å². The first kappa shape index (κ1) is 35.2. The minimum Gasteiger partial charge on any atom is -0.456 e. The lowest BCUT2D eigenvalue weighted by Crippen LogP contribution is -2.00. The van der Waals surface area contributed by atoms with Gasteiger partial charge in [-0.25, -0.2) is 15.0 Å². The highest BCUT2D eigenvalue weighted by molar-refractivity contribution is 7.25. The maximum absolute atomic E-state index is 6.37. The van der Waals surface area contributed by atoms with Crippen molar-refractivity contribution in [3.05, 3.63) is 200 Å². The van der Waals surface area contributed by atoms with Crippen molar-refractivity contribution in [1.29, 1.82) is 0 Å². The van der Waals surface area contributed by atoms with Crippen LogP contribution in [-0.2, 0) is 0 Å². The molecule has 0 atom stereocenters. The predicted molar refractivity (Wildman–Crippen MR) is 265 cm³/mol. The molecule has 0 fully saturated rings. The standard InChI is InChI=1S/C57H33N5OS/c1-3-13-34(14-4-1)55-58-56(35-15-5-2-6-16-35)60-57(59-55)36-23-27-53-45(29-36)46-31-38(25-28-54(46)64-53)61-47-20-10-7-17-39(47)42-30-37(24-26-49(42)61)62-48-21-11-8-18-40(48)43-33-52-44(32-50(43)62)41-19-9-12-22-51(41)63-52/h1-33H. The van der Waals surface area contributed by atoms with Crippen LogP contribution in [0.4, 0.5) is 0 Å². The van der Waals surface area contributed by atoms with Crippen LogP contribution in [0.3, 0.4) is 0 Å². The van der Waals surface area contributed by atoms with E-state index in [0.717, 1.165) is 72.1 Å². The SMILES string of the molecule is c1ccc(-c2nc(-c3ccccc3)nc(-c3ccc4sc5ccc(-n6c7ccccc7c7cc(-n8c9ccccc9c9cc%10oc%11ccccc%11c%10cc98)ccc76)cc5c4c3)n2)cc1. The maximum Gasteiger partial charge on any atom is 0.164 e. The van der Waals surface area contributed by atoms with E-state index in [9.17, 15) is 0 Å². The van der Waals surface area contributed by atoms with E-state index in [-0.39, 0.29) is 0 Å². The van der Waals surface area contributed by atoms with Gasteiger partial charge in [0.1, 0.15) is 11.2 Å². The molecule has 64 heavy (non-hydrogen) atoms. The van der Waals surface area contributed by atoms with E-state index >= 15 is 0 Å². The highest BCUT2D eigenvalue weighted by Crippen LogP contribution is 2.42. The molecular weight excluding hydrogens is 803 g/mol. The van der Waals surface area contributed by atoms with Crippen LogP contribution < -0.4 is 0 Å². The van der Waals surface area contributed by atoms with Crippen molar-refractivity contribution in [2.24, 2.45) is 0 Å². The predicted octanol–water partition coefficient (Wildman–Crippen LogP) is 15.3. The van der Waals surface area contributed by atoms with E-state index in [1.54, 1.807) is 0 Å². The van der Waals surface area contributed by atoms with Gasteiger partial charge < -0.3 is 13.6 Å². The van der Waals surface area contributed by atoms with Gasteiger partial charge in [0.15, 0.2) is 17.5 Å². The summed E-state index contributed by atoms with van der Waals surface area (Å²) >= 11 is 1.81. The molecular formula is C57H33N5OS. The lowest BCUT2D eigenvalue weighted by atomic mass is 10.1. The van der Waals surface area contributed by atoms with Crippen molar-refractivity contribution in [3.8, 4) is 45.5 Å². The number of benzene rings is 9. The zero-order valence-electron chi connectivity index (χ0n) is 34.1. The van der Waals surface area contributed by atoms with Gasteiger partial charge in [0.05, 0.1) is 22.1 Å². The monoisotopic (exact) mass is 835 g/mol. The zero-order valence-corrected chi connectivity index (χ0v) is 34.9. The number of thiophene rings is 1. The van der Waals surface area contributed by atoms with Crippen molar-refractivity contribution >= 4 is 97.1 Å². The molecule has 0 aliphatic rings. The molecule has 5 heterocycles. The number of fused-ring (bicyclic) bond motifs is 12. The van der Waals surface area contributed by atoms with Gasteiger partial charge >= 0.3 is 0 Å². The summed E-state index contributed by atoms with van der Waals surface area (Å²) in [5, 5.41) is 9.40. The lowest BCUT2D eigenvalue weighted by Gasteiger charge is -2.11. The zero-order chi connectivity index (χ0) is 41.9. The third kappa shape index (κ3) is 5.28. The van der Waals surface area contributed by atoms with Crippen molar-refractivity contribution in [2.45, 2.75) is 0 Å². The van der Waals surface area contributed by atoms with E-state index in [0.29, 0.717) is 17.5 Å². The van der Waals surface area contributed by atoms with Crippen molar-refractivity contribution in [1.82, 2.24) is 24.1 Å². The highest BCUT2D eigenvalue weighted by Gasteiger charge is 2.20. The van der Waals surface area contributed by atoms with Gasteiger partial charge in [-0.15, -0.1) is 11.3 Å². The van der Waals surface area contributed by atoms with E-state index in [4.69, 9.17) is 19.4 Å². The van der Waals surface area contributed by atoms with Crippen LogP contribution in [0.15, 0.2) is 205 Å². The second-order valence-corrected chi connectivity index (χ2v) is 17.5. The fourth-order valence-corrected chi connectivity index (χ4v) is 10.9. The molecule has 0 radical (unpaired) electrons. The molecule has 6 nitrogen and oxygen atoms in total. The van der Waals surface area contributed by atoms with Crippen LogP contribution in [0.1, 0.15) is 0 Å². The maximum atomic E-state index is 6.37.